The molecule has 0 aliphatic heterocycles. The second-order valence-electron chi connectivity index (χ2n) is 12.5. The second kappa shape index (κ2) is 15.4. The molecule has 4 heteroatoms. The molecule has 7 rings (SSSR count). The zero-order valence-corrected chi connectivity index (χ0v) is 27.5. The van der Waals surface area contributed by atoms with Crippen LogP contribution in [0.15, 0.2) is 176 Å². The van der Waals surface area contributed by atoms with Crippen LogP contribution in [0.25, 0.3) is 10.9 Å². The molecule has 1 unspecified atom stereocenters. The van der Waals surface area contributed by atoms with E-state index in [1.807, 2.05) is 60.7 Å². The number of aromatic nitrogens is 1. The van der Waals surface area contributed by atoms with Gasteiger partial charge >= 0.3 is 0 Å². The summed E-state index contributed by atoms with van der Waals surface area (Å²) in [7, 11) is 0. The molecule has 1 N–H and O–H groups in total. The van der Waals surface area contributed by atoms with Crippen LogP contribution in [0.4, 0.5) is 0 Å². The Labute approximate surface area is 288 Å². The summed E-state index contributed by atoms with van der Waals surface area (Å²) in [4.78, 5) is 13.9. The molecule has 1 atom stereocenters. The van der Waals surface area contributed by atoms with Gasteiger partial charge in [0.2, 0.25) is 5.91 Å². The predicted molar refractivity (Wildman–Crippen MR) is 199 cm³/mol. The predicted octanol–water partition coefficient (Wildman–Crippen LogP) is 10.3. The fourth-order valence-corrected chi connectivity index (χ4v) is 6.80. The third-order valence-electron chi connectivity index (χ3n) is 9.18. The highest BCUT2D eigenvalue weighted by atomic mass is 16.5. The summed E-state index contributed by atoms with van der Waals surface area (Å²) >= 11 is 0. The number of nitrogens with zero attached hydrogens (tertiary/aromatic N) is 1. The molecule has 0 spiro atoms. The average molecular weight is 641 g/mol. The molecular weight excluding hydrogens is 601 g/mol. The van der Waals surface area contributed by atoms with Crippen molar-refractivity contribution in [3.05, 3.63) is 204 Å². The second-order valence-corrected chi connectivity index (χ2v) is 12.5. The van der Waals surface area contributed by atoms with Gasteiger partial charge in [0.1, 0.15) is 11.5 Å². The Kier molecular flexibility index (Phi) is 9.94. The summed E-state index contributed by atoms with van der Waals surface area (Å²) in [5.74, 6) is 1.57. The molecule has 49 heavy (non-hydrogen) atoms. The third kappa shape index (κ3) is 7.82. The van der Waals surface area contributed by atoms with Gasteiger partial charge in [0.15, 0.2) is 0 Å². The van der Waals surface area contributed by atoms with Crippen molar-refractivity contribution < 1.29 is 9.53 Å². The monoisotopic (exact) mass is 640 g/mol. The maximum Gasteiger partial charge on any atom is 0.220 e. The first kappa shape index (κ1) is 31.7. The standard InChI is InChI=1S/C45H40N2O2/c48-45(46-29-28-40(35-18-7-2-8-19-35)36-20-9-3-10-21-36)31-42(37-22-15-25-39(30-37)49-38-23-11-4-12-24-38)43-33-47(32-34-16-5-1-6-17-34)44-27-14-13-26-41(43)44/h1-27,30,33,40,42H,28-29,31-32H2,(H,46,48). The maximum absolute atomic E-state index is 13.9. The molecule has 0 aliphatic carbocycles. The molecule has 4 nitrogen and oxygen atoms in total. The topological polar surface area (TPSA) is 43.3 Å². The van der Waals surface area contributed by atoms with Gasteiger partial charge in [0.25, 0.3) is 0 Å². The van der Waals surface area contributed by atoms with E-state index in [0.29, 0.717) is 13.0 Å². The van der Waals surface area contributed by atoms with Gasteiger partial charge in [-0.1, -0.05) is 140 Å². The van der Waals surface area contributed by atoms with E-state index >= 15 is 0 Å². The zero-order chi connectivity index (χ0) is 33.3. The molecular formula is C45H40N2O2. The first-order valence-electron chi connectivity index (χ1n) is 17.0. The van der Waals surface area contributed by atoms with E-state index in [-0.39, 0.29) is 17.7 Å². The number of rotatable bonds is 13. The molecule has 7 aromatic rings. The number of amides is 1. The van der Waals surface area contributed by atoms with Gasteiger partial charge in [-0.3, -0.25) is 4.79 Å². The number of para-hydroxylation sites is 2. The average Bonchev–Trinajstić information content (AvgIpc) is 3.51. The minimum absolute atomic E-state index is 0.0270. The number of hydrogen-bond acceptors (Lipinski definition) is 2. The van der Waals surface area contributed by atoms with E-state index in [1.165, 1.54) is 16.7 Å². The molecule has 242 valence electrons. The molecule has 1 amide bonds. The van der Waals surface area contributed by atoms with Gasteiger partial charge < -0.3 is 14.6 Å². The van der Waals surface area contributed by atoms with Crippen LogP contribution in [0, 0.1) is 0 Å². The third-order valence-corrected chi connectivity index (χ3v) is 9.18. The molecule has 0 aliphatic rings. The van der Waals surface area contributed by atoms with Crippen molar-refractivity contribution in [2.75, 3.05) is 6.54 Å². The summed E-state index contributed by atoms with van der Waals surface area (Å²) in [6.45, 7) is 1.32. The van der Waals surface area contributed by atoms with Gasteiger partial charge in [-0.2, -0.15) is 0 Å². The smallest absolute Gasteiger partial charge is 0.220 e. The van der Waals surface area contributed by atoms with Crippen LogP contribution >= 0.6 is 0 Å². The SMILES string of the molecule is O=C(CC(c1cccc(Oc2ccccc2)c1)c1cn(Cc2ccccc2)c2ccccc12)NCCC(c1ccccc1)c1ccccc1. The highest BCUT2D eigenvalue weighted by Crippen LogP contribution is 2.37. The normalized spacial score (nSPS) is 11.8. The van der Waals surface area contributed by atoms with Gasteiger partial charge in [0, 0.05) is 48.4 Å². The van der Waals surface area contributed by atoms with Crippen molar-refractivity contribution in [1.29, 1.82) is 0 Å². The molecule has 6 aromatic carbocycles. The maximum atomic E-state index is 13.9. The highest BCUT2D eigenvalue weighted by Gasteiger charge is 2.24. The van der Waals surface area contributed by atoms with E-state index < -0.39 is 0 Å². The Balaban J connectivity index is 1.18. The van der Waals surface area contributed by atoms with E-state index in [1.54, 1.807) is 0 Å². The number of fused-ring (bicyclic) bond motifs is 1. The Morgan fingerprint density at radius 3 is 1.86 bits per heavy atom. The molecule has 0 saturated carbocycles. The lowest BCUT2D eigenvalue weighted by atomic mass is 9.87. The van der Waals surface area contributed by atoms with Gasteiger partial charge in [-0.25, -0.2) is 0 Å². The van der Waals surface area contributed by atoms with E-state index in [2.05, 4.69) is 125 Å². The van der Waals surface area contributed by atoms with Crippen molar-refractivity contribution in [3.8, 4) is 11.5 Å². The molecule has 0 fully saturated rings. The van der Waals surface area contributed by atoms with Gasteiger partial charge in [-0.15, -0.1) is 0 Å². The summed E-state index contributed by atoms with van der Waals surface area (Å²) in [6.07, 6.45) is 3.36. The van der Waals surface area contributed by atoms with Crippen molar-refractivity contribution in [2.24, 2.45) is 0 Å². The molecule has 0 radical (unpaired) electrons. The number of carbonyl (C=O) groups excluding carboxylic acids is 1. The Hall–Kier alpha value is -5.87. The van der Waals surface area contributed by atoms with Crippen LogP contribution in [0.2, 0.25) is 0 Å². The number of benzene rings is 6. The summed E-state index contributed by atoms with van der Waals surface area (Å²) < 4.78 is 8.56. The van der Waals surface area contributed by atoms with Crippen LogP contribution in [-0.4, -0.2) is 17.0 Å². The van der Waals surface area contributed by atoms with Crippen molar-refractivity contribution >= 4 is 16.8 Å². The van der Waals surface area contributed by atoms with Gasteiger partial charge in [0.05, 0.1) is 0 Å². The van der Waals surface area contributed by atoms with Crippen LogP contribution in [0.3, 0.4) is 0 Å². The van der Waals surface area contributed by atoms with Crippen LogP contribution in [-0.2, 0) is 11.3 Å². The number of nitrogens with one attached hydrogen (secondary N) is 1. The van der Waals surface area contributed by atoms with Crippen LogP contribution in [0.1, 0.15) is 52.5 Å². The molecule has 1 heterocycles. The van der Waals surface area contributed by atoms with E-state index in [0.717, 1.165) is 46.5 Å². The molecule has 1 aromatic heterocycles. The summed E-state index contributed by atoms with van der Waals surface area (Å²) in [5, 5.41) is 4.45. The Morgan fingerprint density at radius 1 is 0.592 bits per heavy atom. The first-order valence-corrected chi connectivity index (χ1v) is 17.0. The van der Waals surface area contributed by atoms with Crippen LogP contribution in [0.5, 0.6) is 11.5 Å². The number of ether oxygens (including phenoxy) is 1. The largest absolute Gasteiger partial charge is 0.457 e. The van der Waals surface area contributed by atoms with Crippen molar-refractivity contribution in [2.45, 2.75) is 31.2 Å². The van der Waals surface area contributed by atoms with Crippen molar-refractivity contribution in [3.63, 3.8) is 0 Å². The quantitative estimate of drug-likeness (QED) is 0.136. The number of carbonyl (C=O) groups is 1. The lowest BCUT2D eigenvalue weighted by Gasteiger charge is -2.20. The van der Waals surface area contributed by atoms with Crippen molar-refractivity contribution in [1.82, 2.24) is 9.88 Å². The van der Waals surface area contributed by atoms with Crippen LogP contribution < -0.4 is 10.1 Å². The Bertz CT molecular complexity index is 2050. The molecule has 0 saturated heterocycles. The summed E-state index contributed by atoms with van der Waals surface area (Å²) in [6, 6.07) is 58.1. The fourth-order valence-electron chi connectivity index (χ4n) is 6.80. The first-order chi connectivity index (χ1) is 24.2. The fraction of sp³-hybridized carbons (Fsp3) is 0.133. The van der Waals surface area contributed by atoms with E-state index in [4.69, 9.17) is 4.74 Å². The number of hydrogen-bond donors (Lipinski definition) is 1. The lowest BCUT2D eigenvalue weighted by molar-refractivity contribution is -0.121. The summed E-state index contributed by atoms with van der Waals surface area (Å²) in [5.41, 5.74) is 7.05. The highest BCUT2D eigenvalue weighted by molar-refractivity contribution is 5.87. The van der Waals surface area contributed by atoms with E-state index in [9.17, 15) is 4.79 Å². The Morgan fingerprint density at radius 2 is 1.16 bits per heavy atom. The molecule has 0 bridgehead atoms. The minimum Gasteiger partial charge on any atom is -0.457 e. The van der Waals surface area contributed by atoms with Gasteiger partial charge in [-0.05, 0) is 64.6 Å². The lowest BCUT2D eigenvalue weighted by Crippen LogP contribution is -2.27. The zero-order valence-electron chi connectivity index (χ0n) is 27.5. The minimum atomic E-state index is -0.180.